The van der Waals surface area contributed by atoms with Crippen molar-refractivity contribution in [3.05, 3.63) is 12.2 Å². The maximum absolute atomic E-state index is 10.2. The average Bonchev–Trinajstić information content (AvgIpc) is 2.03. The Bertz CT molecular complexity index is 227. The molecule has 0 fully saturated rings. The Hall–Kier alpha value is -1.40. The van der Waals surface area contributed by atoms with Crippen LogP contribution in [0.4, 0.5) is 0 Å². The van der Waals surface area contributed by atoms with Gasteiger partial charge in [0.05, 0.1) is 0 Å². The van der Waals surface area contributed by atoms with Crippen molar-refractivity contribution in [1.29, 1.82) is 0 Å². The van der Waals surface area contributed by atoms with E-state index in [2.05, 4.69) is 0 Å². The molecule has 0 heterocycles. The van der Waals surface area contributed by atoms with Gasteiger partial charge in [0.15, 0.2) is 0 Å². The third-order valence-corrected chi connectivity index (χ3v) is 1.34. The first-order chi connectivity index (χ1) is 5.95. The van der Waals surface area contributed by atoms with Gasteiger partial charge in [0.1, 0.15) is 12.1 Å². The van der Waals surface area contributed by atoms with Crippen LogP contribution in [-0.4, -0.2) is 34.2 Å². The fraction of sp³-hybridized carbons (Fsp3) is 0.429. The molecule has 0 unspecified atom stereocenters. The molecule has 0 aliphatic carbocycles. The second-order valence-electron chi connectivity index (χ2n) is 2.47. The van der Waals surface area contributed by atoms with Gasteiger partial charge >= 0.3 is 11.9 Å². The van der Waals surface area contributed by atoms with Crippen LogP contribution >= 0.6 is 0 Å². The standard InChI is InChI=1S/C7H12N2O4/c8-4(6(10)11)2-1-3-5(9)7(12)13/h1-2,4-5H,3,8-9H2,(H,10,11)(H,12,13)/b2-1-/t4-,5+/m1/s1. The molecular formula is C7H12N2O4. The van der Waals surface area contributed by atoms with Crippen molar-refractivity contribution in [1.82, 2.24) is 0 Å². The Balaban J connectivity index is 3.88. The lowest BCUT2D eigenvalue weighted by Crippen LogP contribution is -2.30. The third kappa shape index (κ3) is 4.94. The van der Waals surface area contributed by atoms with Crippen molar-refractivity contribution in [3.63, 3.8) is 0 Å². The van der Waals surface area contributed by atoms with Crippen molar-refractivity contribution in [2.75, 3.05) is 0 Å². The fourth-order valence-corrected chi connectivity index (χ4v) is 0.555. The summed E-state index contributed by atoms with van der Waals surface area (Å²) in [5, 5.41) is 16.7. The van der Waals surface area contributed by atoms with E-state index in [4.69, 9.17) is 21.7 Å². The molecule has 0 aromatic carbocycles. The first kappa shape index (κ1) is 11.6. The summed E-state index contributed by atoms with van der Waals surface area (Å²) in [7, 11) is 0. The van der Waals surface area contributed by atoms with Crippen LogP contribution in [0.25, 0.3) is 0 Å². The lowest BCUT2D eigenvalue weighted by molar-refractivity contribution is -0.138. The maximum atomic E-state index is 10.2. The number of hydrogen-bond donors (Lipinski definition) is 4. The second kappa shape index (κ2) is 5.28. The Labute approximate surface area is 74.8 Å². The highest BCUT2D eigenvalue weighted by molar-refractivity contribution is 5.75. The van der Waals surface area contributed by atoms with E-state index < -0.39 is 24.0 Å². The number of hydrogen-bond acceptors (Lipinski definition) is 4. The molecule has 0 saturated heterocycles. The average molecular weight is 188 g/mol. The zero-order valence-corrected chi connectivity index (χ0v) is 6.88. The summed E-state index contributed by atoms with van der Waals surface area (Å²) >= 11 is 0. The highest BCUT2D eigenvalue weighted by atomic mass is 16.4. The van der Waals surface area contributed by atoms with E-state index in [0.29, 0.717) is 0 Å². The number of rotatable bonds is 5. The minimum Gasteiger partial charge on any atom is -0.480 e. The van der Waals surface area contributed by atoms with Gasteiger partial charge < -0.3 is 21.7 Å². The molecule has 0 aromatic heterocycles. The van der Waals surface area contributed by atoms with Gasteiger partial charge in [-0.1, -0.05) is 12.2 Å². The van der Waals surface area contributed by atoms with Gasteiger partial charge in [-0.25, -0.2) is 0 Å². The maximum Gasteiger partial charge on any atom is 0.324 e. The normalized spacial score (nSPS) is 15.5. The highest BCUT2D eigenvalue weighted by Crippen LogP contribution is 1.92. The van der Waals surface area contributed by atoms with E-state index in [1.54, 1.807) is 0 Å². The van der Waals surface area contributed by atoms with Crippen molar-refractivity contribution in [3.8, 4) is 0 Å². The zero-order chi connectivity index (χ0) is 10.4. The number of nitrogens with two attached hydrogens (primary N) is 2. The van der Waals surface area contributed by atoms with Gasteiger partial charge in [-0.3, -0.25) is 9.59 Å². The number of aliphatic carboxylic acids is 2. The lowest BCUT2D eigenvalue weighted by Gasteiger charge is -2.01. The van der Waals surface area contributed by atoms with Gasteiger partial charge in [-0.15, -0.1) is 0 Å². The van der Waals surface area contributed by atoms with Crippen LogP contribution in [0.15, 0.2) is 12.2 Å². The van der Waals surface area contributed by atoms with Gasteiger partial charge in [0, 0.05) is 0 Å². The van der Waals surface area contributed by atoms with E-state index in [1.165, 1.54) is 12.2 Å². The SMILES string of the molecule is N[C@H](/C=C\C[C@H](N)C(=O)O)C(=O)O. The molecule has 0 aliphatic heterocycles. The van der Waals surface area contributed by atoms with Gasteiger partial charge in [0.25, 0.3) is 0 Å². The monoisotopic (exact) mass is 188 g/mol. The molecule has 0 saturated carbocycles. The first-order valence-corrected chi connectivity index (χ1v) is 3.58. The molecule has 0 bridgehead atoms. The third-order valence-electron chi connectivity index (χ3n) is 1.34. The predicted octanol–water partition coefficient (Wildman–Crippen LogP) is -1.24. The largest absolute Gasteiger partial charge is 0.480 e. The molecule has 74 valence electrons. The smallest absolute Gasteiger partial charge is 0.324 e. The summed E-state index contributed by atoms with van der Waals surface area (Å²) in [5.74, 6) is -2.30. The molecule has 0 radical (unpaired) electrons. The number of carboxylic acids is 2. The zero-order valence-electron chi connectivity index (χ0n) is 6.88. The highest BCUT2D eigenvalue weighted by Gasteiger charge is 2.10. The van der Waals surface area contributed by atoms with Gasteiger partial charge in [-0.05, 0) is 6.42 Å². The van der Waals surface area contributed by atoms with Crippen molar-refractivity contribution >= 4 is 11.9 Å². The molecule has 13 heavy (non-hydrogen) atoms. The molecule has 0 aliphatic rings. The minimum absolute atomic E-state index is 0.0658. The van der Waals surface area contributed by atoms with Crippen LogP contribution in [0.3, 0.4) is 0 Å². The summed E-state index contributed by atoms with van der Waals surface area (Å²) in [6, 6.07) is -2.13. The molecule has 0 amide bonds. The summed E-state index contributed by atoms with van der Waals surface area (Å²) in [5.41, 5.74) is 10.2. The van der Waals surface area contributed by atoms with Crippen LogP contribution in [0.5, 0.6) is 0 Å². The second-order valence-corrected chi connectivity index (χ2v) is 2.47. The molecular weight excluding hydrogens is 176 g/mol. The van der Waals surface area contributed by atoms with E-state index >= 15 is 0 Å². The van der Waals surface area contributed by atoms with Gasteiger partial charge in [-0.2, -0.15) is 0 Å². The molecule has 6 heteroatoms. The van der Waals surface area contributed by atoms with Crippen LogP contribution < -0.4 is 11.5 Å². The molecule has 0 spiro atoms. The lowest BCUT2D eigenvalue weighted by atomic mass is 10.2. The number of carboxylic acid groups (broad SMARTS) is 2. The topological polar surface area (TPSA) is 127 Å². The fourth-order valence-electron chi connectivity index (χ4n) is 0.555. The van der Waals surface area contributed by atoms with Crippen LogP contribution in [0.1, 0.15) is 6.42 Å². The van der Waals surface area contributed by atoms with Crippen molar-refractivity contribution in [2.45, 2.75) is 18.5 Å². The molecule has 2 atom stereocenters. The molecule has 0 aromatic rings. The van der Waals surface area contributed by atoms with E-state index in [1.807, 2.05) is 0 Å². The van der Waals surface area contributed by atoms with Crippen LogP contribution in [0.2, 0.25) is 0 Å². The molecule has 0 rings (SSSR count). The summed E-state index contributed by atoms with van der Waals surface area (Å²) in [6.45, 7) is 0. The summed E-state index contributed by atoms with van der Waals surface area (Å²) in [4.78, 5) is 20.4. The predicted molar refractivity (Wildman–Crippen MR) is 45.0 cm³/mol. The van der Waals surface area contributed by atoms with Crippen molar-refractivity contribution in [2.24, 2.45) is 11.5 Å². The Morgan fingerprint density at radius 2 is 1.77 bits per heavy atom. The Morgan fingerprint density at radius 1 is 1.23 bits per heavy atom. The Morgan fingerprint density at radius 3 is 2.15 bits per heavy atom. The Kier molecular flexibility index (Phi) is 4.71. The summed E-state index contributed by atoms with van der Waals surface area (Å²) in [6.07, 6.45) is 2.61. The van der Waals surface area contributed by atoms with E-state index in [9.17, 15) is 9.59 Å². The quantitative estimate of drug-likeness (QED) is 0.399. The van der Waals surface area contributed by atoms with Gasteiger partial charge in [0.2, 0.25) is 0 Å². The van der Waals surface area contributed by atoms with Crippen LogP contribution in [0, 0.1) is 0 Å². The number of carbonyl (C=O) groups is 2. The minimum atomic E-state index is -1.17. The molecule has 6 N–H and O–H groups in total. The van der Waals surface area contributed by atoms with Crippen molar-refractivity contribution < 1.29 is 19.8 Å². The van der Waals surface area contributed by atoms with E-state index in [-0.39, 0.29) is 6.42 Å². The first-order valence-electron chi connectivity index (χ1n) is 3.58. The van der Waals surface area contributed by atoms with Crippen LogP contribution in [-0.2, 0) is 9.59 Å². The molecule has 6 nitrogen and oxygen atoms in total. The van der Waals surface area contributed by atoms with E-state index in [0.717, 1.165) is 0 Å². The summed E-state index contributed by atoms with van der Waals surface area (Å²) < 4.78 is 0.